The van der Waals surface area contributed by atoms with E-state index < -0.39 is 5.97 Å². The number of hydrogen-bond donors (Lipinski definition) is 1. The average Bonchev–Trinajstić information content (AvgIpc) is 2.77. The number of hydrogen-bond acceptors (Lipinski definition) is 6. The second-order valence-corrected chi connectivity index (χ2v) is 3.33. The fraction of sp³-hybridized carbons (Fsp3) is 0.800. The molecule has 1 aliphatic rings. The molecule has 1 fully saturated rings. The smallest absolute Gasteiger partial charge is 0.356 e. The molecule has 0 aromatic heterocycles. The zero-order valence-corrected chi connectivity index (χ0v) is 9.35. The summed E-state index contributed by atoms with van der Waals surface area (Å²) in [6.07, 6.45) is 1.50. The fourth-order valence-corrected chi connectivity index (χ4v) is 1.42. The van der Waals surface area contributed by atoms with E-state index in [2.05, 4.69) is 5.16 Å². The van der Waals surface area contributed by atoms with Crippen LogP contribution in [0.4, 0.5) is 0 Å². The van der Waals surface area contributed by atoms with E-state index in [-0.39, 0.29) is 18.6 Å². The highest BCUT2D eigenvalue weighted by Crippen LogP contribution is 2.12. The molecule has 6 nitrogen and oxygen atoms in total. The largest absolute Gasteiger partial charge is 0.461 e. The van der Waals surface area contributed by atoms with Gasteiger partial charge in [-0.05, 0) is 19.8 Å². The molecule has 92 valence electrons. The maximum Gasteiger partial charge on any atom is 0.356 e. The van der Waals surface area contributed by atoms with Gasteiger partial charge in [0.15, 0.2) is 12.0 Å². The summed E-state index contributed by atoms with van der Waals surface area (Å²) < 4.78 is 15.2. The van der Waals surface area contributed by atoms with Gasteiger partial charge in [-0.1, -0.05) is 5.16 Å². The van der Waals surface area contributed by atoms with Crippen LogP contribution in [0.15, 0.2) is 5.16 Å². The van der Waals surface area contributed by atoms with Gasteiger partial charge in [-0.15, -0.1) is 0 Å². The minimum absolute atomic E-state index is 0.0415. The van der Waals surface area contributed by atoms with Crippen LogP contribution in [-0.4, -0.2) is 43.0 Å². The first-order valence-corrected chi connectivity index (χ1v) is 5.39. The Balaban J connectivity index is 2.20. The van der Waals surface area contributed by atoms with Gasteiger partial charge in [0, 0.05) is 6.42 Å². The molecule has 0 spiro atoms. The molecule has 0 aliphatic carbocycles. The Morgan fingerprint density at radius 3 is 2.75 bits per heavy atom. The van der Waals surface area contributed by atoms with E-state index >= 15 is 0 Å². The van der Waals surface area contributed by atoms with Gasteiger partial charge in [0.1, 0.15) is 0 Å². The lowest BCUT2D eigenvalue weighted by atomic mass is 10.1. The normalized spacial score (nSPS) is 17.7. The number of carbonyl (C=O) groups excluding carboxylic acids is 1. The molecule has 0 bridgehead atoms. The van der Waals surface area contributed by atoms with E-state index in [0.29, 0.717) is 32.5 Å². The lowest BCUT2D eigenvalue weighted by Crippen LogP contribution is -2.18. The second kappa shape index (κ2) is 7.19. The molecular weight excluding hydrogens is 214 g/mol. The van der Waals surface area contributed by atoms with E-state index in [9.17, 15) is 4.79 Å². The molecule has 0 saturated carbocycles. The Kier molecular flexibility index (Phi) is 5.81. The zero-order chi connectivity index (χ0) is 11.8. The van der Waals surface area contributed by atoms with Crippen LogP contribution in [0.2, 0.25) is 0 Å². The lowest BCUT2D eigenvalue weighted by molar-refractivity contribution is -0.135. The predicted octanol–water partition coefficient (Wildman–Crippen LogP) is 0.923. The highest BCUT2D eigenvalue weighted by molar-refractivity contribution is 6.36. The van der Waals surface area contributed by atoms with Crippen molar-refractivity contribution in [2.24, 2.45) is 5.16 Å². The van der Waals surface area contributed by atoms with Gasteiger partial charge < -0.3 is 19.4 Å². The van der Waals surface area contributed by atoms with Gasteiger partial charge in [-0.2, -0.15) is 0 Å². The van der Waals surface area contributed by atoms with Gasteiger partial charge in [0.05, 0.1) is 19.8 Å². The van der Waals surface area contributed by atoms with Crippen LogP contribution in [0.25, 0.3) is 0 Å². The lowest BCUT2D eigenvalue weighted by Gasteiger charge is -2.08. The van der Waals surface area contributed by atoms with E-state index in [1.807, 2.05) is 0 Å². The van der Waals surface area contributed by atoms with Crippen molar-refractivity contribution in [1.29, 1.82) is 0 Å². The second-order valence-electron chi connectivity index (χ2n) is 3.33. The summed E-state index contributed by atoms with van der Waals surface area (Å²) >= 11 is 0. The van der Waals surface area contributed by atoms with Crippen LogP contribution >= 0.6 is 0 Å². The molecule has 0 aromatic carbocycles. The monoisotopic (exact) mass is 231 g/mol. The average molecular weight is 231 g/mol. The summed E-state index contributed by atoms with van der Waals surface area (Å²) in [6, 6.07) is 0. The van der Waals surface area contributed by atoms with Crippen molar-refractivity contribution in [2.75, 3.05) is 19.8 Å². The first-order chi connectivity index (χ1) is 7.77. The van der Waals surface area contributed by atoms with Gasteiger partial charge in [0.2, 0.25) is 0 Å². The van der Waals surface area contributed by atoms with Crippen molar-refractivity contribution < 1.29 is 24.2 Å². The molecule has 0 atom stereocenters. The molecular formula is C10H17NO5. The molecule has 0 aromatic rings. The molecule has 6 heteroatoms. The molecule has 16 heavy (non-hydrogen) atoms. The molecule has 0 radical (unpaired) electrons. The topological polar surface area (TPSA) is 77.4 Å². The minimum Gasteiger partial charge on any atom is -0.461 e. The number of oxime groups is 1. The summed E-state index contributed by atoms with van der Waals surface area (Å²) in [5.74, 6) is -0.571. The fourth-order valence-electron chi connectivity index (χ4n) is 1.42. The first-order valence-electron chi connectivity index (χ1n) is 5.39. The van der Waals surface area contributed by atoms with Crippen LogP contribution in [0.1, 0.15) is 26.2 Å². The van der Waals surface area contributed by atoms with Crippen molar-refractivity contribution >= 4 is 11.7 Å². The Morgan fingerprint density at radius 2 is 2.19 bits per heavy atom. The summed E-state index contributed by atoms with van der Waals surface area (Å²) in [5.41, 5.74) is 0.0415. The van der Waals surface area contributed by atoms with Crippen molar-refractivity contribution in [3.8, 4) is 0 Å². The first kappa shape index (κ1) is 12.9. The molecule has 1 N–H and O–H groups in total. The SMILES string of the molecule is CCOC(=O)C(CCCC1OCCO1)=NO. The van der Waals surface area contributed by atoms with E-state index in [1.54, 1.807) is 6.92 Å². The van der Waals surface area contributed by atoms with E-state index in [1.165, 1.54) is 0 Å². The van der Waals surface area contributed by atoms with Gasteiger partial charge >= 0.3 is 5.97 Å². The van der Waals surface area contributed by atoms with Crippen LogP contribution in [0.5, 0.6) is 0 Å². The Labute approximate surface area is 94.2 Å². The third-order valence-electron chi connectivity index (χ3n) is 2.18. The van der Waals surface area contributed by atoms with Crippen LogP contribution in [0.3, 0.4) is 0 Å². The summed E-state index contributed by atoms with van der Waals surface area (Å²) in [5, 5.41) is 11.6. The maximum absolute atomic E-state index is 11.2. The molecule has 0 unspecified atom stereocenters. The molecule has 0 amide bonds. The zero-order valence-electron chi connectivity index (χ0n) is 9.35. The standard InChI is InChI=1S/C10H17NO5/c1-2-14-10(12)8(11-13)4-3-5-9-15-6-7-16-9/h9,13H,2-7H2,1H3. The van der Waals surface area contributed by atoms with Crippen LogP contribution in [-0.2, 0) is 19.0 Å². The van der Waals surface area contributed by atoms with Gasteiger partial charge in [-0.25, -0.2) is 4.79 Å². The molecule has 1 aliphatic heterocycles. The Bertz CT molecular complexity index is 248. The van der Waals surface area contributed by atoms with Crippen molar-refractivity contribution in [3.63, 3.8) is 0 Å². The predicted molar refractivity (Wildman–Crippen MR) is 55.4 cm³/mol. The number of esters is 1. The summed E-state index contributed by atoms with van der Waals surface area (Å²) in [4.78, 5) is 11.2. The number of ether oxygens (including phenoxy) is 3. The highest BCUT2D eigenvalue weighted by Gasteiger charge is 2.18. The molecule has 1 rings (SSSR count). The van der Waals surface area contributed by atoms with Gasteiger partial charge in [-0.3, -0.25) is 0 Å². The van der Waals surface area contributed by atoms with Crippen molar-refractivity contribution in [1.82, 2.24) is 0 Å². The number of nitrogens with zero attached hydrogens (tertiary/aromatic N) is 1. The molecule has 1 saturated heterocycles. The van der Waals surface area contributed by atoms with Crippen LogP contribution in [0, 0.1) is 0 Å². The Hall–Kier alpha value is -1.14. The summed E-state index contributed by atoms with van der Waals surface area (Å²) in [6.45, 7) is 3.20. The van der Waals surface area contributed by atoms with Gasteiger partial charge in [0.25, 0.3) is 0 Å². The third-order valence-corrected chi connectivity index (χ3v) is 2.18. The van der Waals surface area contributed by atoms with Crippen molar-refractivity contribution in [3.05, 3.63) is 0 Å². The van der Waals surface area contributed by atoms with Crippen LogP contribution < -0.4 is 0 Å². The van der Waals surface area contributed by atoms with Crippen molar-refractivity contribution in [2.45, 2.75) is 32.5 Å². The summed E-state index contributed by atoms with van der Waals surface area (Å²) in [7, 11) is 0. The number of carbonyl (C=O) groups is 1. The van der Waals surface area contributed by atoms with E-state index in [0.717, 1.165) is 0 Å². The highest BCUT2D eigenvalue weighted by atomic mass is 16.7. The van der Waals surface area contributed by atoms with E-state index in [4.69, 9.17) is 19.4 Å². The third kappa shape index (κ3) is 4.16. The minimum atomic E-state index is -0.571. The Morgan fingerprint density at radius 1 is 1.50 bits per heavy atom. The number of rotatable bonds is 6. The molecule has 1 heterocycles. The quantitative estimate of drug-likeness (QED) is 0.318. The maximum atomic E-state index is 11.2.